The van der Waals surface area contributed by atoms with Gasteiger partial charge in [0.05, 0.1) is 17.6 Å². The van der Waals surface area contributed by atoms with Gasteiger partial charge in [-0.15, -0.1) is 0 Å². The van der Waals surface area contributed by atoms with Gasteiger partial charge in [-0.2, -0.15) is 0 Å². The molecule has 0 amide bonds. The molecule has 20 heavy (non-hydrogen) atoms. The molecule has 0 atom stereocenters. The third-order valence-electron chi connectivity index (χ3n) is 3.21. The lowest BCUT2D eigenvalue weighted by atomic mass is 9.94. The van der Waals surface area contributed by atoms with Crippen LogP contribution in [0, 0.1) is 11.8 Å². The summed E-state index contributed by atoms with van der Waals surface area (Å²) in [5, 5.41) is 8.73. The summed E-state index contributed by atoms with van der Waals surface area (Å²) in [5.74, 6) is 5.66. The Balaban J connectivity index is 2.31. The number of aliphatic hydroxyl groups excluding tert-OH is 1. The molecule has 1 aromatic rings. The maximum absolute atomic E-state index is 12.2. The molecule has 1 fully saturated rings. The quantitative estimate of drug-likeness (QED) is 0.808. The van der Waals surface area contributed by atoms with Gasteiger partial charge in [0.2, 0.25) is 10.0 Å². The summed E-state index contributed by atoms with van der Waals surface area (Å²) in [6.07, 6.45) is 2.82. The second-order valence-electron chi connectivity index (χ2n) is 4.57. The fraction of sp³-hybridized carbons (Fsp3) is 0.429. The Morgan fingerprint density at radius 1 is 1.45 bits per heavy atom. The normalized spacial score (nSPS) is 15.1. The van der Waals surface area contributed by atoms with E-state index in [-0.39, 0.29) is 17.5 Å². The molecule has 0 aliphatic heterocycles. The Labute approximate surface area is 119 Å². The molecule has 108 valence electrons. The van der Waals surface area contributed by atoms with Gasteiger partial charge in [0, 0.05) is 6.04 Å². The van der Waals surface area contributed by atoms with Gasteiger partial charge in [-0.25, -0.2) is 13.1 Å². The minimum Gasteiger partial charge on any atom is -0.495 e. The molecule has 1 aliphatic carbocycles. The van der Waals surface area contributed by atoms with Gasteiger partial charge in [0.1, 0.15) is 12.4 Å². The number of nitrogens with one attached hydrogen (secondary N) is 1. The lowest BCUT2D eigenvalue weighted by Crippen LogP contribution is -2.39. The third kappa shape index (κ3) is 3.31. The highest BCUT2D eigenvalue weighted by atomic mass is 32.2. The zero-order valence-corrected chi connectivity index (χ0v) is 12.0. The Hall–Kier alpha value is -1.55. The summed E-state index contributed by atoms with van der Waals surface area (Å²) in [7, 11) is -2.04. The summed E-state index contributed by atoms with van der Waals surface area (Å²) >= 11 is 0. The zero-order valence-electron chi connectivity index (χ0n) is 11.2. The van der Waals surface area contributed by atoms with Crippen LogP contribution in [0.25, 0.3) is 0 Å². The predicted octanol–water partition coefficient (Wildman–Crippen LogP) is 0.870. The maximum atomic E-state index is 12.2. The standard InChI is InChI=1S/C14H17NO4S/c1-19-14-8-7-13(10-11(14)4-3-9-16)20(17,18)15-12-5-2-6-12/h7-8,10,12,15-16H,2,5-6,9H2,1H3. The zero-order chi connectivity index (χ0) is 14.6. The second-order valence-corrected chi connectivity index (χ2v) is 6.29. The van der Waals surface area contributed by atoms with Gasteiger partial charge in [-0.3, -0.25) is 0 Å². The van der Waals surface area contributed by atoms with Gasteiger partial charge in [-0.1, -0.05) is 18.3 Å². The number of ether oxygens (including phenoxy) is 1. The van der Waals surface area contributed by atoms with Crippen molar-refractivity contribution in [3.63, 3.8) is 0 Å². The maximum Gasteiger partial charge on any atom is 0.240 e. The van der Waals surface area contributed by atoms with Crippen molar-refractivity contribution in [3.8, 4) is 17.6 Å². The minimum absolute atomic E-state index is 0.0362. The fourth-order valence-corrected chi connectivity index (χ4v) is 3.23. The summed E-state index contributed by atoms with van der Waals surface area (Å²) in [6.45, 7) is -0.291. The number of sulfonamides is 1. The summed E-state index contributed by atoms with van der Waals surface area (Å²) < 4.78 is 32.2. The van der Waals surface area contributed by atoms with E-state index in [9.17, 15) is 8.42 Å². The highest BCUT2D eigenvalue weighted by Crippen LogP contribution is 2.24. The van der Waals surface area contributed by atoms with Crippen molar-refractivity contribution >= 4 is 10.0 Å². The van der Waals surface area contributed by atoms with Crippen molar-refractivity contribution in [3.05, 3.63) is 23.8 Å². The average molecular weight is 295 g/mol. The van der Waals surface area contributed by atoms with Crippen LogP contribution in [0.15, 0.2) is 23.1 Å². The molecule has 2 rings (SSSR count). The predicted molar refractivity (Wildman–Crippen MR) is 74.9 cm³/mol. The molecule has 0 radical (unpaired) electrons. The van der Waals surface area contributed by atoms with E-state index in [1.165, 1.54) is 19.2 Å². The monoisotopic (exact) mass is 295 g/mol. The molecule has 0 aromatic heterocycles. The Kier molecular flexibility index (Phi) is 4.65. The Morgan fingerprint density at radius 2 is 2.20 bits per heavy atom. The van der Waals surface area contributed by atoms with E-state index in [1.54, 1.807) is 6.07 Å². The van der Waals surface area contributed by atoms with Crippen LogP contribution in [0.2, 0.25) is 0 Å². The van der Waals surface area contributed by atoms with Crippen LogP contribution in [0.3, 0.4) is 0 Å². The molecule has 1 saturated carbocycles. The first-order chi connectivity index (χ1) is 9.56. The van der Waals surface area contributed by atoms with Gasteiger partial charge < -0.3 is 9.84 Å². The van der Waals surface area contributed by atoms with Crippen LogP contribution in [-0.2, 0) is 10.0 Å². The largest absolute Gasteiger partial charge is 0.495 e. The molecule has 2 N–H and O–H groups in total. The number of hydrogen-bond acceptors (Lipinski definition) is 4. The van der Waals surface area contributed by atoms with Crippen LogP contribution >= 0.6 is 0 Å². The molecular weight excluding hydrogens is 278 g/mol. The fourth-order valence-electron chi connectivity index (χ4n) is 1.90. The molecule has 6 heteroatoms. The van der Waals surface area contributed by atoms with Crippen molar-refractivity contribution in [2.75, 3.05) is 13.7 Å². The second kappa shape index (κ2) is 6.27. The van der Waals surface area contributed by atoms with E-state index in [4.69, 9.17) is 9.84 Å². The molecule has 0 heterocycles. The topological polar surface area (TPSA) is 75.6 Å². The molecular formula is C14H17NO4S. The van der Waals surface area contributed by atoms with Crippen molar-refractivity contribution in [1.29, 1.82) is 0 Å². The lowest BCUT2D eigenvalue weighted by molar-refractivity contribution is 0.350. The number of hydrogen-bond donors (Lipinski definition) is 2. The van der Waals surface area contributed by atoms with Crippen LogP contribution < -0.4 is 9.46 Å². The third-order valence-corrected chi connectivity index (χ3v) is 4.73. The summed E-state index contributed by atoms with van der Waals surface area (Å²) in [4.78, 5) is 0.160. The van der Waals surface area contributed by atoms with Crippen molar-refractivity contribution in [1.82, 2.24) is 4.72 Å². The van der Waals surface area contributed by atoms with Gasteiger partial charge in [0.15, 0.2) is 0 Å². The highest BCUT2D eigenvalue weighted by Gasteiger charge is 2.25. The first-order valence-corrected chi connectivity index (χ1v) is 7.85. The van der Waals surface area contributed by atoms with Crippen LogP contribution in [0.5, 0.6) is 5.75 Å². The smallest absolute Gasteiger partial charge is 0.240 e. The highest BCUT2D eigenvalue weighted by molar-refractivity contribution is 7.89. The lowest BCUT2D eigenvalue weighted by Gasteiger charge is -2.26. The van der Waals surface area contributed by atoms with E-state index < -0.39 is 10.0 Å². The number of aliphatic hydroxyl groups is 1. The summed E-state index contributed by atoms with van der Waals surface area (Å²) in [6, 6.07) is 4.55. The van der Waals surface area contributed by atoms with Crippen molar-refractivity contribution < 1.29 is 18.3 Å². The van der Waals surface area contributed by atoms with E-state index in [0.717, 1.165) is 19.3 Å². The minimum atomic E-state index is -3.53. The Bertz CT molecular complexity index is 639. The van der Waals surface area contributed by atoms with E-state index in [0.29, 0.717) is 11.3 Å². The van der Waals surface area contributed by atoms with Gasteiger partial charge in [-0.05, 0) is 31.0 Å². The average Bonchev–Trinajstić information content (AvgIpc) is 2.40. The molecule has 0 unspecified atom stereocenters. The summed E-state index contributed by atoms with van der Waals surface area (Å²) in [5.41, 5.74) is 0.443. The first-order valence-electron chi connectivity index (χ1n) is 6.37. The van der Waals surface area contributed by atoms with E-state index in [1.807, 2.05) is 0 Å². The van der Waals surface area contributed by atoms with Crippen LogP contribution in [0.4, 0.5) is 0 Å². The Morgan fingerprint density at radius 3 is 2.75 bits per heavy atom. The first kappa shape index (κ1) is 14.9. The van der Waals surface area contributed by atoms with E-state index in [2.05, 4.69) is 16.6 Å². The van der Waals surface area contributed by atoms with Gasteiger partial charge >= 0.3 is 0 Å². The molecule has 0 bridgehead atoms. The number of benzene rings is 1. The number of rotatable bonds is 4. The molecule has 5 nitrogen and oxygen atoms in total. The molecule has 1 aliphatic rings. The van der Waals surface area contributed by atoms with Gasteiger partial charge in [0.25, 0.3) is 0 Å². The molecule has 0 saturated heterocycles. The molecule has 0 spiro atoms. The number of methoxy groups -OCH3 is 1. The van der Waals surface area contributed by atoms with E-state index >= 15 is 0 Å². The SMILES string of the molecule is COc1ccc(S(=O)(=O)NC2CCC2)cc1C#CCO. The van der Waals surface area contributed by atoms with Crippen molar-refractivity contribution in [2.24, 2.45) is 0 Å². The van der Waals surface area contributed by atoms with Crippen LogP contribution in [0.1, 0.15) is 24.8 Å². The molecule has 1 aromatic carbocycles. The van der Waals surface area contributed by atoms with Crippen LogP contribution in [-0.4, -0.2) is 33.3 Å². The van der Waals surface area contributed by atoms with Crippen molar-refractivity contribution in [2.45, 2.75) is 30.2 Å².